The summed E-state index contributed by atoms with van der Waals surface area (Å²) in [6, 6.07) is 8.63. The van der Waals surface area contributed by atoms with Crippen molar-refractivity contribution in [1.29, 1.82) is 10.5 Å². The van der Waals surface area contributed by atoms with Crippen LogP contribution in [0.25, 0.3) is 11.3 Å². The molecule has 0 aliphatic carbocycles. The summed E-state index contributed by atoms with van der Waals surface area (Å²) in [6.45, 7) is 0.914. The first-order chi connectivity index (χ1) is 14.2. The maximum Gasteiger partial charge on any atom is 0.307 e. The second-order valence-corrected chi connectivity index (χ2v) is 6.66. The summed E-state index contributed by atoms with van der Waals surface area (Å²) in [7, 11) is 0. The molecule has 1 N–H and O–H groups in total. The van der Waals surface area contributed by atoms with E-state index < -0.39 is 5.91 Å². The number of hydrogen-bond donors (Lipinski definition) is 1. The lowest BCUT2D eigenvalue weighted by Gasteiger charge is -2.16. The fourth-order valence-electron chi connectivity index (χ4n) is 3.36. The zero-order valence-corrected chi connectivity index (χ0v) is 15.3. The first-order valence-corrected chi connectivity index (χ1v) is 8.94. The first-order valence-electron chi connectivity index (χ1n) is 8.94. The first kappa shape index (κ1) is 18.2. The molecule has 1 fully saturated rings. The van der Waals surface area contributed by atoms with E-state index in [0.717, 1.165) is 0 Å². The van der Waals surface area contributed by atoms with E-state index in [1.165, 1.54) is 6.20 Å². The minimum atomic E-state index is -0.447. The molecule has 0 unspecified atom stereocenters. The highest BCUT2D eigenvalue weighted by Crippen LogP contribution is 2.22. The van der Waals surface area contributed by atoms with Crippen molar-refractivity contribution in [3.63, 3.8) is 0 Å². The van der Waals surface area contributed by atoms with Gasteiger partial charge in [-0.15, -0.1) is 5.10 Å². The van der Waals surface area contributed by atoms with Gasteiger partial charge in [0.15, 0.2) is 12.0 Å². The summed E-state index contributed by atoms with van der Waals surface area (Å²) in [4.78, 5) is 18.2. The largest absolute Gasteiger partial charge is 0.432 e. The van der Waals surface area contributed by atoms with Gasteiger partial charge >= 0.3 is 5.91 Å². The average molecular weight is 388 g/mol. The molecule has 0 bridgehead atoms. The molecule has 4 rings (SSSR count). The Balaban J connectivity index is 1.41. The summed E-state index contributed by atoms with van der Waals surface area (Å²) in [5.41, 5.74) is 1.16. The lowest BCUT2D eigenvalue weighted by Crippen LogP contribution is -2.36. The molecule has 144 valence electrons. The van der Waals surface area contributed by atoms with Crippen molar-refractivity contribution in [3.05, 3.63) is 54.3 Å². The Morgan fingerprint density at radius 1 is 1.38 bits per heavy atom. The molecule has 0 radical (unpaired) electrons. The van der Waals surface area contributed by atoms with E-state index in [-0.39, 0.29) is 18.0 Å². The molecule has 2 aromatic heterocycles. The van der Waals surface area contributed by atoms with Gasteiger partial charge in [0.05, 0.1) is 36.6 Å². The van der Waals surface area contributed by atoms with Crippen LogP contribution in [0.2, 0.25) is 0 Å². The third kappa shape index (κ3) is 3.92. The molecule has 10 nitrogen and oxygen atoms in total. The average Bonchev–Trinajstić information content (AvgIpc) is 3.49. The van der Waals surface area contributed by atoms with E-state index in [2.05, 4.69) is 32.9 Å². The highest BCUT2D eigenvalue weighted by atomic mass is 16.4. The van der Waals surface area contributed by atoms with Gasteiger partial charge in [-0.1, -0.05) is 17.3 Å². The van der Waals surface area contributed by atoms with Gasteiger partial charge < -0.3 is 14.6 Å². The number of nitrogens with one attached hydrogen (secondary N) is 1. The number of likely N-dealkylation sites (tertiary alicyclic amines) is 1. The Morgan fingerprint density at radius 2 is 2.28 bits per heavy atom. The molecule has 0 spiro atoms. The van der Waals surface area contributed by atoms with Crippen LogP contribution in [0.15, 0.2) is 47.3 Å². The number of carbonyl (C=O) groups excluding carboxylic acids is 1. The second-order valence-electron chi connectivity index (χ2n) is 6.66. The monoisotopic (exact) mass is 388 g/mol. The zero-order valence-electron chi connectivity index (χ0n) is 15.3. The Morgan fingerprint density at radius 3 is 3.03 bits per heavy atom. The van der Waals surface area contributed by atoms with Crippen LogP contribution in [0, 0.1) is 22.8 Å². The third-order valence-electron chi connectivity index (χ3n) is 4.72. The van der Waals surface area contributed by atoms with Gasteiger partial charge in [-0.2, -0.15) is 10.5 Å². The number of hydrogen-bond acceptors (Lipinski definition) is 8. The van der Waals surface area contributed by atoms with Gasteiger partial charge in [0.1, 0.15) is 0 Å². The summed E-state index contributed by atoms with van der Waals surface area (Å²) >= 11 is 0. The van der Waals surface area contributed by atoms with Crippen LogP contribution in [0.3, 0.4) is 0 Å². The fraction of sp³-hybridized carbons (Fsp3) is 0.263. The van der Waals surface area contributed by atoms with Crippen molar-refractivity contribution in [1.82, 2.24) is 30.2 Å². The van der Waals surface area contributed by atoms with Crippen LogP contribution in [0.5, 0.6) is 0 Å². The van der Waals surface area contributed by atoms with E-state index in [0.29, 0.717) is 36.4 Å². The van der Waals surface area contributed by atoms with Crippen LogP contribution >= 0.6 is 0 Å². The topological polar surface area (TPSA) is 137 Å². The number of carbonyl (C=O) groups is 1. The van der Waals surface area contributed by atoms with Gasteiger partial charge in [0, 0.05) is 24.3 Å². The molecule has 1 aromatic carbocycles. The molecule has 10 heteroatoms. The molecule has 29 heavy (non-hydrogen) atoms. The van der Waals surface area contributed by atoms with E-state index >= 15 is 0 Å². The maximum absolute atomic E-state index is 12.5. The molecule has 3 aromatic rings. The van der Waals surface area contributed by atoms with Crippen molar-refractivity contribution in [2.45, 2.75) is 25.0 Å². The van der Waals surface area contributed by atoms with Crippen molar-refractivity contribution in [3.8, 4) is 23.6 Å². The number of aromatic nitrogens is 4. The second kappa shape index (κ2) is 7.82. The molecule has 3 heterocycles. The number of oxazole rings is 1. The molecule has 1 aliphatic rings. The molecule has 1 amide bonds. The van der Waals surface area contributed by atoms with E-state index in [4.69, 9.17) is 9.68 Å². The van der Waals surface area contributed by atoms with Crippen LogP contribution < -0.4 is 5.32 Å². The zero-order chi connectivity index (χ0) is 20.2. The molecular formula is C19H16N8O2. The van der Waals surface area contributed by atoms with E-state index in [1.807, 2.05) is 0 Å². The van der Waals surface area contributed by atoms with Gasteiger partial charge in [-0.25, -0.2) is 4.98 Å². The van der Waals surface area contributed by atoms with Crippen molar-refractivity contribution in [2.24, 2.45) is 0 Å². The Kier molecular flexibility index (Phi) is 4.91. The minimum absolute atomic E-state index is 0.0643. The van der Waals surface area contributed by atoms with Gasteiger partial charge in [0.2, 0.25) is 0 Å². The Bertz CT molecular complexity index is 1090. The number of benzene rings is 1. The predicted octanol–water partition coefficient (Wildman–Crippen LogP) is 1.16. The molecule has 1 saturated heterocycles. The smallest absolute Gasteiger partial charge is 0.307 e. The van der Waals surface area contributed by atoms with Gasteiger partial charge in [0.25, 0.3) is 5.89 Å². The number of amides is 1. The summed E-state index contributed by atoms with van der Waals surface area (Å²) < 4.78 is 7.23. The third-order valence-corrected chi connectivity index (χ3v) is 4.72. The quantitative estimate of drug-likeness (QED) is 0.643. The van der Waals surface area contributed by atoms with Crippen LogP contribution in [0.4, 0.5) is 0 Å². The lowest BCUT2D eigenvalue weighted by atomic mass is 10.1. The molecule has 1 aliphatic heterocycles. The normalized spacial score (nSPS) is 18.2. The summed E-state index contributed by atoms with van der Waals surface area (Å²) in [5, 5.41) is 28.9. The molecule has 0 saturated carbocycles. The minimum Gasteiger partial charge on any atom is -0.432 e. The van der Waals surface area contributed by atoms with Crippen LogP contribution in [0.1, 0.15) is 22.7 Å². The van der Waals surface area contributed by atoms with Crippen molar-refractivity contribution in [2.75, 3.05) is 6.54 Å². The van der Waals surface area contributed by atoms with Crippen molar-refractivity contribution >= 4 is 5.91 Å². The SMILES string of the molecule is N#Cc1cccc(-c2cnc(C(=O)N[C@@H]3C[C@@H](Cn4ccnn4)N(C#N)C3)o2)c1. The number of nitriles is 2. The lowest BCUT2D eigenvalue weighted by molar-refractivity contribution is 0.0904. The number of rotatable bonds is 5. The highest BCUT2D eigenvalue weighted by Gasteiger charge is 2.33. The summed E-state index contributed by atoms with van der Waals surface area (Å²) in [6.07, 6.45) is 7.52. The van der Waals surface area contributed by atoms with Gasteiger partial charge in [-0.05, 0) is 18.6 Å². The van der Waals surface area contributed by atoms with E-state index in [1.54, 1.807) is 46.2 Å². The summed E-state index contributed by atoms with van der Waals surface area (Å²) in [5.74, 6) is -0.107. The van der Waals surface area contributed by atoms with Crippen LogP contribution in [-0.4, -0.2) is 49.4 Å². The maximum atomic E-state index is 12.5. The molecule has 2 atom stereocenters. The predicted molar refractivity (Wildman–Crippen MR) is 98.7 cm³/mol. The Labute approximate surface area is 166 Å². The Hall–Kier alpha value is -4.18. The highest BCUT2D eigenvalue weighted by molar-refractivity contribution is 5.90. The molecular weight excluding hydrogens is 372 g/mol. The van der Waals surface area contributed by atoms with Crippen LogP contribution in [-0.2, 0) is 6.54 Å². The fourth-order valence-corrected chi connectivity index (χ4v) is 3.36. The van der Waals surface area contributed by atoms with Gasteiger partial charge in [-0.3, -0.25) is 9.48 Å². The number of nitrogens with zero attached hydrogens (tertiary/aromatic N) is 7. The standard InChI is InChI=1S/C19H16N8O2/c20-8-13-2-1-3-14(6-13)17-9-22-19(29-17)18(28)24-15-7-16(26(10-15)12-21)11-27-5-4-23-25-27/h1-6,9,15-16H,7,10-11H2,(H,24,28)/t15-,16+/m1/s1. The van der Waals surface area contributed by atoms with E-state index in [9.17, 15) is 10.1 Å². The van der Waals surface area contributed by atoms with Crippen molar-refractivity contribution < 1.29 is 9.21 Å².